The Labute approximate surface area is 116 Å². The smallest absolute Gasteiger partial charge is 0.122 e. The van der Waals surface area contributed by atoms with Gasteiger partial charge in [-0.25, -0.2) is 0 Å². The van der Waals surface area contributed by atoms with Crippen LogP contribution in [0.2, 0.25) is 0 Å². The minimum atomic E-state index is 0.200. The molecule has 0 bridgehead atoms. The van der Waals surface area contributed by atoms with Crippen LogP contribution in [0.4, 0.5) is 0 Å². The zero-order chi connectivity index (χ0) is 13.9. The Morgan fingerprint density at radius 3 is 2.84 bits per heavy atom. The highest BCUT2D eigenvalue weighted by atomic mass is 16.5. The van der Waals surface area contributed by atoms with Crippen LogP contribution in [-0.2, 0) is 12.8 Å². The number of hydrogen-bond donors (Lipinski definition) is 1. The molecule has 19 heavy (non-hydrogen) atoms. The topological polar surface area (TPSA) is 24.5 Å². The maximum absolute atomic E-state index is 5.53. The molecular formula is C16H26N2O. The molecule has 0 saturated carbocycles. The summed E-state index contributed by atoms with van der Waals surface area (Å²) in [4.78, 5) is 2.26. The van der Waals surface area contributed by atoms with Gasteiger partial charge in [0, 0.05) is 18.5 Å². The molecule has 3 heteroatoms. The third-order valence-corrected chi connectivity index (χ3v) is 4.11. The SMILES string of the molecule is CN(C)C(C)(C)CNCCc1ccc2c(c1)CCO2. The maximum atomic E-state index is 5.53. The molecule has 0 unspecified atom stereocenters. The second kappa shape index (κ2) is 5.93. The Bertz CT molecular complexity index is 427. The molecule has 1 aromatic rings. The van der Waals surface area contributed by atoms with Crippen LogP contribution in [0.15, 0.2) is 18.2 Å². The number of nitrogens with one attached hydrogen (secondary N) is 1. The van der Waals surface area contributed by atoms with E-state index in [0.717, 1.165) is 38.3 Å². The average Bonchev–Trinajstić information content (AvgIpc) is 2.81. The maximum Gasteiger partial charge on any atom is 0.122 e. The summed E-state index contributed by atoms with van der Waals surface area (Å²) in [6.45, 7) is 7.39. The van der Waals surface area contributed by atoms with Gasteiger partial charge in [-0.05, 0) is 58.1 Å². The van der Waals surface area contributed by atoms with Crippen LogP contribution < -0.4 is 10.1 Å². The van der Waals surface area contributed by atoms with Gasteiger partial charge in [0.05, 0.1) is 6.61 Å². The number of nitrogens with zero attached hydrogens (tertiary/aromatic N) is 1. The predicted molar refractivity (Wildman–Crippen MR) is 80.0 cm³/mol. The standard InChI is InChI=1S/C16H26N2O/c1-16(2,18(3)4)12-17-9-7-13-5-6-15-14(11-13)8-10-19-15/h5-6,11,17H,7-10,12H2,1-4H3. The van der Waals surface area contributed by atoms with Crippen LogP contribution >= 0.6 is 0 Å². The molecule has 0 spiro atoms. The van der Waals surface area contributed by atoms with E-state index in [1.165, 1.54) is 11.1 Å². The van der Waals surface area contributed by atoms with Crippen LogP contribution in [0.3, 0.4) is 0 Å². The molecule has 1 aliphatic rings. The lowest BCUT2D eigenvalue weighted by Crippen LogP contribution is -2.47. The van der Waals surface area contributed by atoms with Crippen molar-refractivity contribution in [3.63, 3.8) is 0 Å². The van der Waals surface area contributed by atoms with Gasteiger partial charge in [-0.3, -0.25) is 0 Å². The first-order valence-corrected chi connectivity index (χ1v) is 7.12. The lowest BCUT2D eigenvalue weighted by atomic mass is 10.0. The van der Waals surface area contributed by atoms with Gasteiger partial charge >= 0.3 is 0 Å². The first kappa shape index (κ1) is 14.4. The number of fused-ring (bicyclic) bond motifs is 1. The van der Waals surface area contributed by atoms with Gasteiger partial charge in [0.25, 0.3) is 0 Å². The lowest BCUT2D eigenvalue weighted by Gasteiger charge is -2.32. The van der Waals surface area contributed by atoms with Crippen molar-refractivity contribution in [2.75, 3.05) is 33.8 Å². The highest BCUT2D eigenvalue weighted by molar-refractivity contribution is 5.39. The van der Waals surface area contributed by atoms with E-state index in [9.17, 15) is 0 Å². The fraction of sp³-hybridized carbons (Fsp3) is 0.625. The first-order chi connectivity index (χ1) is 8.99. The summed E-state index contributed by atoms with van der Waals surface area (Å²) in [5.41, 5.74) is 2.97. The Kier molecular flexibility index (Phi) is 4.48. The van der Waals surface area contributed by atoms with E-state index >= 15 is 0 Å². The molecule has 0 aromatic heterocycles. The van der Waals surface area contributed by atoms with Crippen molar-refractivity contribution in [1.82, 2.24) is 10.2 Å². The number of hydrogen-bond acceptors (Lipinski definition) is 3. The van der Waals surface area contributed by atoms with Gasteiger partial charge in [0.15, 0.2) is 0 Å². The summed E-state index contributed by atoms with van der Waals surface area (Å²) in [6, 6.07) is 6.59. The van der Waals surface area contributed by atoms with E-state index < -0.39 is 0 Å². The van der Waals surface area contributed by atoms with Crippen molar-refractivity contribution in [2.45, 2.75) is 32.2 Å². The van der Waals surface area contributed by atoms with Gasteiger partial charge in [0.1, 0.15) is 5.75 Å². The molecule has 0 atom stereocenters. The van der Waals surface area contributed by atoms with Gasteiger partial charge in [-0.1, -0.05) is 12.1 Å². The van der Waals surface area contributed by atoms with Gasteiger partial charge in [0.2, 0.25) is 0 Å². The van der Waals surface area contributed by atoms with Crippen molar-refractivity contribution in [2.24, 2.45) is 0 Å². The normalized spacial score (nSPS) is 14.6. The summed E-state index contributed by atoms with van der Waals surface area (Å²) in [7, 11) is 4.25. The van der Waals surface area contributed by atoms with E-state index in [1.807, 2.05) is 0 Å². The van der Waals surface area contributed by atoms with Crippen LogP contribution in [0.5, 0.6) is 5.75 Å². The molecule has 106 valence electrons. The van der Waals surface area contributed by atoms with Crippen LogP contribution in [0.25, 0.3) is 0 Å². The Morgan fingerprint density at radius 1 is 1.32 bits per heavy atom. The number of ether oxygens (including phenoxy) is 1. The highest BCUT2D eigenvalue weighted by Crippen LogP contribution is 2.25. The van der Waals surface area contributed by atoms with Crippen molar-refractivity contribution >= 4 is 0 Å². The Morgan fingerprint density at radius 2 is 2.11 bits per heavy atom. The van der Waals surface area contributed by atoms with Crippen LogP contribution in [-0.4, -0.2) is 44.2 Å². The summed E-state index contributed by atoms with van der Waals surface area (Å²) in [6.07, 6.45) is 2.14. The van der Waals surface area contributed by atoms with Crippen LogP contribution in [0, 0.1) is 0 Å². The second-order valence-corrected chi connectivity index (χ2v) is 6.17. The summed E-state index contributed by atoms with van der Waals surface area (Å²) in [5, 5.41) is 3.55. The van der Waals surface area contributed by atoms with Crippen molar-refractivity contribution in [1.29, 1.82) is 0 Å². The molecule has 0 amide bonds. The zero-order valence-electron chi connectivity index (χ0n) is 12.6. The number of benzene rings is 1. The van der Waals surface area contributed by atoms with E-state index in [-0.39, 0.29) is 5.54 Å². The molecule has 1 aliphatic heterocycles. The quantitative estimate of drug-likeness (QED) is 0.795. The first-order valence-electron chi connectivity index (χ1n) is 7.12. The summed E-state index contributed by atoms with van der Waals surface area (Å²) >= 11 is 0. The number of likely N-dealkylation sites (N-methyl/N-ethyl adjacent to an activating group) is 1. The number of rotatable bonds is 6. The molecule has 1 heterocycles. The van der Waals surface area contributed by atoms with Crippen LogP contribution in [0.1, 0.15) is 25.0 Å². The fourth-order valence-electron chi connectivity index (χ4n) is 2.18. The van der Waals surface area contributed by atoms with E-state index in [0.29, 0.717) is 0 Å². The van der Waals surface area contributed by atoms with Gasteiger partial charge in [-0.2, -0.15) is 0 Å². The second-order valence-electron chi connectivity index (χ2n) is 6.17. The minimum absolute atomic E-state index is 0.200. The zero-order valence-corrected chi connectivity index (χ0v) is 12.6. The van der Waals surface area contributed by atoms with Crippen molar-refractivity contribution < 1.29 is 4.74 Å². The third kappa shape index (κ3) is 3.71. The monoisotopic (exact) mass is 262 g/mol. The molecule has 0 saturated heterocycles. The minimum Gasteiger partial charge on any atom is -0.493 e. The van der Waals surface area contributed by atoms with E-state index in [1.54, 1.807) is 0 Å². The molecule has 1 aromatic carbocycles. The van der Waals surface area contributed by atoms with Crippen molar-refractivity contribution in [3.05, 3.63) is 29.3 Å². The average molecular weight is 262 g/mol. The van der Waals surface area contributed by atoms with Gasteiger partial charge < -0.3 is 15.0 Å². The molecule has 0 radical (unpaired) electrons. The van der Waals surface area contributed by atoms with Crippen molar-refractivity contribution in [3.8, 4) is 5.75 Å². The van der Waals surface area contributed by atoms with E-state index in [2.05, 4.69) is 56.4 Å². The third-order valence-electron chi connectivity index (χ3n) is 4.11. The molecule has 2 rings (SSSR count). The predicted octanol–water partition coefficient (Wildman–Crippen LogP) is 2.09. The highest BCUT2D eigenvalue weighted by Gasteiger charge is 2.19. The van der Waals surface area contributed by atoms with Gasteiger partial charge in [-0.15, -0.1) is 0 Å². The van der Waals surface area contributed by atoms with E-state index in [4.69, 9.17) is 4.74 Å². The lowest BCUT2D eigenvalue weighted by molar-refractivity contribution is 0.190. The summed E-state index contributed by atoms with van der Waals surface area (Å²) < 4.78 is 5.53. The fourth-order valence-corrected chi connectivity index (χ4v) is 2.18. The Hall–Kier alpha value is -1.06. The molecular weight excluding hydrogens is 236 g/mol. The summed E-state index contributed by atoms with van der Waals surface area (Å²) in [5.74, 6) is 1.07. The molecule has 3 nitrogen and oxygen atoms in total. The molecule has 0 aliphatic carbocycles. The molecule has 0 fully saturated rings. The Balaban J connectivity index is 1.77. The molecule has 1 N–H and O–H groups in total. The largest absolute Gasteiger partial charge is 0.493 e.